The van der Waals surface area contributed by atoms with Crippen LogP contribution < -0.4 is 20.9 Å². The second-order valence-corrected chi connectivity index (χ2v) is 8.28. The molecule has 164 valence electrons. The van der Waals surface area contributed by atoms with E-state index < -0.39 is 11.8 Å². The number of likely N-dealkylation sites (tertiary alicyclic amines) is 1. The molecule has 0 spiro atoms. The highest BCUT2D eigenvalue weighted by Gasteiger charge is 2.18. The van der Waals surface area contributed by atoms with E-state index in [0.717, 1.165) is 37.5 Å². The van der Waals surface area contributed by atoms with Crippen LogP contribution in [0.1, 0.15) is 32.6 Å². The van der Waals surface area contributed by atoms with Gasteiger partial charge in [0.1, 0.15) is 0 Å². The van der Waals surface area contributed by atoms with Crippen LogP contribution in [0.4, 0.5) is 11.4 Å². The van der Waals surface area contributed by atoms with Gasteiger partial charge in [-0.25, -0.2) is 0 Å². The van der Waals surface area contributed by atoms with Gasteiger partial charge in [-0.05, 0) is 69.0 Å². The lowest BCUT2D eigenvalue weighted by atomic mass is 10.0. The highest BCUT2D eigenvalue weighted by molar-refractivity contribution is 6.39. The Hall–Kier alpha value is -2.61. The lowest BCUT2D eigenvalue weighted by Gasteiger charge is -2.30. The Labute approximate surface area is 178 Å². The molecule has 1 atom stereocenters. The van der Waals surface area contributed by atoms with Gasteiger partial charge < -0.3 is 25.8 Å². The fraction of sp³-hybridized carbons (Fsp3) is 0.591. The number of amides is 3. The van der Waals surface area contributed by atoms with E-state index in [1.54, 1.807) is 12.1 Å². The van der Waals surface area contributed by atoms with Crippen molar-refractivity contribution in [2.24, 2.45) is 5.92 Å². The Balaban J connectivity index is 1.33. The van der Waals surface area contributed by atoms with Crippen LogP contribution >= 0.6 is 0 Å². The second kappa shape index (κ2) is 11.0. The SMILES string of the molecule is C[C@@H]1CCCN(CCCCNC(=O)C(=O)Nc2ccc(N3CCNC(=O)C3)cc2)C1. The van der Waals surface area contributed by atoms with Crippen LogP contribution in [0.5, 0.6) is 0 Å². The summed E-state index contributed by atoms with van der Waals surface area (Å²) in [5, 5.41) is 8.11. The molecular weight excluding hydrogens is 382 g/mol. The maximum absolute atomic E-state index is 12.1. The summed E-state index contributed by atoms with van der Waals surface area (Å²) >= 11 is 0. The molecule has 0 bridgehead atoms. The molecule has 3 amide bonds. The zero-order valence-electron chi connectivity index (χ0n) is 17.8. The van der Waals surface area contributed by atoms with Crippen molar-refractivity contribution in [2.45, 2.75) is 32.6 Å². The first kappa shape index (κ1) is 22.1. The van der Waals surface area contributed by atoms with E-state index in [1.165, 1.54) is 25.9 Å². The molecule has 8 heteroatoms. The quantitative estimate of drug-likeness (QED) is 0.459. The van der Waals surface area contributed by atoms with Gasteiger partial charge >= 0.3 is 11.8 Å². The molecule has 2 aliphatic rings. The van der Waals surface area contributed by atoms with Crippen LogP contribution in [0.25, 0.3) is 0 Å². The monoisotopic (exact) mass is 415 g/mol. The van der Waals surface area contributed by atoms with E-state index in [1.807, 2.05) is 17.0 Å². The highest BCUT2D eigenvalue weighted by Crippen LogP contribution is 2.18. The minimum absolute atomic E-state index is 0.000729. The molecule has 0 aromatic heterocycles. The van der Waals surface area contributed by atoms with Crippen LogP contribution in [0.2, 0.25) is 0 Å². The van der Waals surface area contributed by atoms with Gasteiger partial charge in [0.05, 0.1) is 6.54 Å². The Morgan fingerprint density at radius 1 is 1.13 bits per heavy atom. The summed E-state index contributed by atoms with van der Waals surface area (Å²) in [6.45, 7) is 7.88. The van der Waals surface area contributed by atoms with E-state index in [-0.39, 0.29) is 5.91 Å². The number of hydrogen-bond acceptors (Lipinski definition) is 5. The number of piperidine rings is 1. The highest BCUT2D eigenvalue weighted by atomic mass is 16.2. The maximum atomic E-state index is 12.1. The third-order valence-corrected chi connectivity index (χ3v) is 5.66. The lowest BCUT2D eigenvalue weighted by Crippen LogP contribution is -2.47. The minimum Gasteiger partial charge on any atom is -0.360 e. The number of nitrogens with one attached hydrogen (secondary N) is 3. The Kier molecular flexibility index (Phi) is 8.07. The van der Waals surface area contributed by atoms with Gasteiger partial charge in [0, 0.05) is 37.6 Å². The van der Waals surface area contributed by atoms with Gasteiger partial charge in [-0.1, -0.05) is 6.92 Å². The van der Waals surface area contributed by atoms with Crippen LogP contribution in [-0.4, -0.2) is 68.4 Å². The van der Waals surface area contributed by atoms with Crippen molar-refractivity contribution in [3.05, 3.63) is 24.3 Å². The predicted molar refractivity (Wildman–Crippen MR) is 117 cm³/mol. The summed E-state index contributed by atoms with van der Waals surface area (Å²) in [4.78, 5) is 40.1. The van der Waals surface area contributed by atoms with Crippen molar-refractivity contribution in [2.75, 3.05) is 56.0 Å². The third kappa shape index (κ3) is 6.73. The van der Waals surface area contributed by atoms with Crippen molar-refractivity contribution < 1.29 is 14.4 Å². The molecule has 0 radical (unpaired) electrons. The lowest BCUT2D eigenvalue weighted by molar-refractivity contribution is -0.136. The van der Waals surface area contributed by atoms with Gasteiger partial charge in [-0.2, -0.15) is 0 Å². The first-order valence-corrected chi connectivity index (χ1v) is 10.9. The summed E-state index contributed by atoms with van der Waals surface area (Å²) in [5.74, 6) is -0.500. The summed E-state index contributed by atoms with van der Waals surface area (Å²) in [7, 11) is 0. The Morgan fingerprint density at radius 2 is 1.93 bits per heavy atom. The van der Waals surface area contributed by atoms with Crippen LogP contribution in [0.3, 0.4) is 0 Å². The first-order valence-electron chi connectivity index (χ1n) is 10.9. The molecule has 30 heavy (non-hydrogen) atoms. The topological polar surface area (TPSA) is 93.8 Å². The van der Waals surface area contributed by atoms with Crippen molar-refractivity contribution in [1.82, 2.24) is 15.5 Å². The standard InChI is InChI=1S/C22H33N5O3/c1-17-5-4-13-26(15-17)12-3-2-10-24-21(29)22(30)25-18-6-8-19(9-7-18)27-14-11-23-20(28)16-27/h6-9,17H,2-5,10-16H2,1H3,(H,23,28)(H,24,29)(H,25,30)/t17-/m1/s1. The number of benzene rings is 1. The molecule has 0 unspecified atom stereocenters. The number of piperazine rings is 1. The second-order valence-electron chi connectivity index (χ2n) is 8.28. The molecular formula is C22H33N5O3. The smallest absolute Gasteiger partial charge is 0.313 e. The molecule has 0 aliphatic carbocycles. The zero-order valence-corrected chi connectivity index (χ0v) is 17.8. The van der Waals surface area contributed by atoms with E-state index >= 15 is 0 Å². The van der Waals surface area contributed by atoms with Gasteiger partial charge in [-0.3, -0.25) is 14.4 Å². The maximum Gasteiger partial charge on any atom is 0.313 e. The molecule has 3 rings (SSSR count). The van der Waals surface area contributed by atoms with E-state index in [2.05, 4.69) is 27.8 Å². The van der Waals surface area contributed by atoms with E-state index in [4.69, 9.17) is 0 Å². The molecule has 1 aromatic rings. The van der Waals surface area contributed by atoms with E-state index in [9.17, 15) is 14.4 Å². The fourth-order valence-corrected chi connectivity index (χ4v) is 4.03. The minimum atomic E-state index is -0.662. The molecule has 2 fully saturated rings. The van der Waals surface area contributed by atoms with Crippen LogP contribution in [-0.2, 0) is 14.4 Å². The number of hydrogen-bond donors (Lipinski definition) is 3. The van der Waals surface area contributed by atoms with Gasteiger partial charge in [0.15, 0.2) is 0 Å². The number of unbranched alkanes of at least 4 members (excludes halogenated alkanes) is 1. The van der Waals surface area contributed by atoms with Crippen molar-refractivity contribution in [1.29, 1.82) is 0 Å². The zero-order chi connectivity index (χ0) is 21.3. The summed E-state index contributed by atoms with van der Waals surface area (Å²) in [5.41, 5.74) is 1.47. The molecule has 0 saturated carbocycles. The number of nitrogens with zero attached hydrogens (tertiary/aromatic N) is 2. The largest absolute Gasteiger partial charge is 0.360 e. The predicted octanol–water partition coefficient (Wildman–Crippen LogP) is 1.19. The normalized spacial score (nSPS) is 19.8. The van der Waals surface area contributed by atoms with Gasteiger partial charge in [0.25, 0.3) is 0 Å². The average Bonchev–Trinajstić information content (AvgIpc) is 2.74. The molecule has 2 aliphatic heterocycles. The molecule has 2 saturated heterocycles. The van der Waals surface area contributed by atoms with Crippen molar-refractivity contribution >= 4 is 29.1 Å². The molecule has 3 N–H and O–H groups in total. The summed E-state index contributed by atoms with van der Waals surface area (Å²) < 4.78 is 0. The summed E-state index contributed by atoms with van der Waals surface area (Å²) in [6, 6.07) is 7.17. The Morgan fingerprint density at radius 3 is 2.67 bits per heavy atom. The molecule has 8 nitrogen and oxygen atoms in total. The average molecular weight is 416 g/mol. The Bertz CT molecular complexity index is 737. The van der Waals surface area contributed by atoms with Crippen molar-refractivity contribution in [3.63, 3.8) is 0 Å². The van der Waals surface area contributed by atoms with Gasteiger partial charge in [0.2, 0.25) is 5.91 Å². The molecule has 2 heterocycles. The summed E-state index contributed by atoms with van der Waals surface area (Å²) in [6.07, 6.45) is 4.47. The van der Waals surface area contributed by atoms with Crippen LogP contribution in [0, 0.1) is 5.92 Å². The van der Waals surface area contributed by atoms with Crippen molar-refractivity contribution in [3.8, 4) is 0 Å². The number of carbonyl (C=O) groups excluding carboxylic acids is 3. The third-order valence-electron chi connectivity index (χ3n) is 5.66. The van der Waals surface area contributed by atoms with Crippen LogP contribution in [0.15, 0.2) is 24.3 Å². The molecule has 1 aromatic carbocycles. The first-order chi connectivity index (χ1) is 14.5. The number of anilines is 2. The number of carbonyl (C=O) groups is 3. The van der Waals surface area contributed by atoms with Gasteiger partial charge in [-0.15, -0.1) is 0 Å². The number of rotatable bonds is 7. The van der Waals surface area contributed by atoms with E-state index in [0.29, 0.717) is 25.3 Å². The fourth-order valence-electron chi connectivity index (χ4n) is 4.03.